The summed E-state index contributed by atoms with van der Waals surface area (Å²) in [6, 6.07) is 0.357. The molecule has 1 saturated carbocycles. The zero-order valence-corrected chi connectivity index (χ0v) is 13.8. The SMILES string of the molecule is CC1(C(N)=NO)CCN(C2CCCC(S(C)(=O)=O)C2)CC1. The number of piperidine rings is 1. The topological polar surface area (TPSA) is 96.0 Å². The molecule has 122 valence electrons. The van der Waals surface area contributed by atoms with Crippen molar-refractivity contribution >= 4 is 15.7 Å². The fourth-order valence-electron chi connectivity index (χ4n) is 3.60. The van der Waals surface area contributed by atoms with E-state index in [1.165, 1.54) is 6.26 Å². The molecule has 0 aromatic rings. The standard InChI is InChI=1S/C14H27N3O3S/c1-14(13(15)16-18)6-8-17(9-7-14)11-4-3-5-12(10-11)21(2,19)20/h11-12,18H,3-10H2,1-2H3,(H2,15,16). The lowest BCUT2D eigenvalue weighted by Gasteiger charge is -2.44. The van der Waals surface area contributed by atoms with Crippen molar-refractivity contribution in [3.63, 3.8) is 0 Å². The first kappa shape index (κ1) is 16.5. The van der Waals surface area contributed by atoms with Gasteiger partial charge in [-0.3, -0.25) is 0 Å². The summed E-state index contributed by atoms with van der Waals surface area (Å²) in [7, 11) is -2.94. The van der Waals surface area contributed by atoms with E-state index in [9.17, 15) is 8.42 Å². The number of hydrogen-bond acceptors (Lipinski definition) is 5. The Morgan fingerprint density at radius 2 is 1.95 bits per heavy atom. The first-order valence-electron chi connectivity index (χ1n) is 7.67. The largest absolute Gasteiger partial charge is 0.409 e. The molecule has 2 aliphatic rings. The normalized spacial score (nSPS) is 32.0. The highest BCUT2D eigenvalue weighted by Gasteiger charge is 2.38. The second-order valence-corrected chi connectivity index (χ2v) is 9.18. The van der Waals surface area contributed by atoms with Crippen LogP contribution in [0, 0.1) is 5.41 Å². The van der Waals surface area contributed by atoms with Gasteiger partial charge in [-0.2, -0.15) is 0 Å². The molecule has 2 fully saturated rings. The van der Waals surface area contributed by atoms with E-state index in [-0.39, 0.29) is 10.7 Å². The van der Waals surface area contributed by atoms with Gasteiger partial charge in [-0.05, 0) is 45.2 Å². The number of nitrogens with two attached hydrogens (primary N) is 1. The highest BCUT2D eigenvalue weighted by Crippen LogP contribution is 2.35. The molecule has 21 heavy (non-hydrogen) atoms. The summed E-state index contributed by atoms with van der Waals surface area (Å²) in [4.78, 5) is 2.39. The van der Waals surface area contributed by atoms with Gasteiger partial charge in [-0.15, -0.1) is 0 Å². The summed E-state index contributed by atoms with van der Waals surface area (Å²) in [5.41, 5.74) is 5.55. The zero-order valence-electron chi connectivity index (χ0n) is 13.0. The van der Waals surface area contributed by atoms with Crippen LogP contribution in [0.5, 0.6) is 0 Å². The summed E-state index contributed by atoms with van der Waals surface area (Å²) in [5, 5.41) is 11.8. The van der Waals surface area contributed by atoms with E-state index in [4.69, 9.17) is 10.9 Å². The highest BCUT2D eigenvalue weighted by atomic mass is 32.2. The zero-order chi connectivity index (χ0) is 15.7. The summed E-state index contributed by atoms with van der Waals surface area (Å²) < 4.78 is 23.5. The maximum atomic E-state index is 11.8. The maximum absolute atomic E-state index is 11.8. The molecule has 1 aliphatic carbocycles. The Labute approximate surface area is 127 Å². The molecule has 0 spiro atoms. The van der Waals surface area contributed by atoms with E-state index in [2.05, 4.69) is 10.1 Å². The fraction of sp³-hybridized carbons (Fsp3) is 0.929. The van der Waals surface area contributed by atoms with Crippen LogP contribution in [0.25, 0.3) is 0 Å². The number of hydrogen-bond donors (Lipinski definition) is 2. The second-order valence-electron chi connectivity index (χ2n) is 6.85. The summed E-state index contributed by atoms with van der Waals surface area (Å²) in [5.74, 6) is 0.305. The minimum atomic E-state index is -2.94. The van der Waals surface area contributed by atoms with E-state index < -0.39 is 9.84 Å². The van der Waals surface area contributed by atoms with Crippen molar-refractivity contribution in [3.8, 4) is 0 Å². The minimum absolute atomic E-state index is 0.186. The predicted octanol–water partition coefficient (Wildman–Crippen LogP) is 1.19. The molecule has 2 unspecified atom stereocenters. The quantitative estimate of drug-likeness (QED) is 0.353. The summed E-state index contributed by atoms with van der Waals surface area (Å²) in [6.45, 7) is 3.79. The van der Waals surface area contributed by atoms with Gasteiger partial charge in [0.15, 0.2) is 0 Å². The Morgan fingerprint density at radius 1 is 1.33 bits per heavy atom. The average molecular weight is 317 g/mol. The van der Waals surface area contributed by atoms with Gasteiger partial charge in [0.2, 0.25) is 0 Å². The van der Waals surface area contributed by atoms with Crippen LogP contribution in [0.3, 0.4) is 0 Å². The lowest BCUT2D eigenvalue weighted by atomic mass is 9.78. The summed E-state index contributed by atoms with van der Waals surface area (Å²) >= 11 is 0. The Balaban J connectivity index is 1.96. The fourth-order valence-corrected chi connectivity index (χ4v) is 4.77. The third-order valence-electron chi connectivity index (χ3n) is 5.35. The number of rotatable bonds is 3. The Morgan fingerprint density at radius 3 is 2.48 bits per heavy atom. The molecular weight excluding hydrogens is 290 g/mol. The number of nitrogens with zero attached hydrogens (tertiary/aromatic N) is 2. The van der Waals surface area contributed by atoms with Crippen molar-refractivity contribution in [2.24, 2.45) is 16.3 Å². The van der Waals surface area contributed by atoms with E-state index in [1.54, 1.807) is 0 Å². The van der Waals surface area contributed by atoms with Gasteiger partial charge in [0.1, 0.15) is 15.7 Å². The van der Waals surface area contributed by atoms with Crippen LogP contribution < -0.4 is 5.73 Å². The van der Waals surface area contributed by atoms with Crippen LogP contribution in [0.1, 0.15) is 45.4 Å². The predicted molar refractivity (Wildman–Crippen MR) is 83.2 cm³/mol. The molecule has 0 amide bonds. The number of sulfone groups is 1. The van der Waals surface area contributed by atoms with Crippen LogP contribution >= 0.6 is 0 Å². The highest BCUT2D eigenvalue weighted by molar-refractivity contribution is 7.91. The van der Waals surface area contributed by atoms with Crippen molar-refractivity contribution in [3.05, 3.63) is 0 Å². The molecule has 3 N–H and O–H groups in total. The van der Waals surface area contributed by atoms with E-state index in [1.807, 2.05) is 6.92 Å². The monoisotopic (exact) mass is 317 g/mol. The van der Waals surface area contributed by atoms with Crippen LogP contribution in [-0.2, 0) is 9.84 Å². The van der Waals surface area contributed by atoms with Gasteiger partial charge < -0.3 is 15.8 Å². The smallest absolute Gasteiger partial charge is 0.150 e. The first-order valence-corrected chi connectivity index (χ1v) is 9.62. The van der Waals surface area contributed by atoms with Gasteiger partial charge in [-0.25, -0.2) is 8.42 Å². The molecule has 7 heteroatoms. The van der Waals surface area contributed by atoms with Crippen molar-refractivity contribution in [1.29, 1.82) is 0 Å². The number of oxime groups is 1. The second kappa shape index (κ2) is 6.12. The maximum Gasteiger partial charge on any atom is 0.150 e. The van der Waals surface area contributed by atoms with Gasteiger partial charge >= 0.3 is 0 Å². The molecule has 2 atom stereocenters. The van der Waals surface area contributed by atoms with Crippen molar-refractivity contribution in [2.45, 2.75) is 56.7 Å². The van der Waals surface area contributed by atoms with Gasteiger partial charge in [0.05, 0.1) is 5.25 Å². The molecule has 1 heterocycles. The molecule has 0 aromatic carbocycles. The summed E-state index contributed by atoms with van der Waals surface area (Å²) in [6.07, 6.45) is 6.66. The van der Waals surface area contributed by atoms with E-state index in [0.29, 0.717) is 11.9 Å². The third-order valence-corrected chi connectivity index (χ3v) is 6.99. The molecular formula is C14H27N3O3S. The van der Waals surface area contributed by atoms with Crippen LogP contribution in [-0.4, -0.2) is 55.0 Å². The van der Waals surface area contributed by atoms with Gasteiger partial charge in [-0.1, -0.05) is 18.5 Å². The van der Waals surface area contributed by atoms with Gasteiger partial charge in [0.25, 0.3) is 0 Å². The molecule has 0 radical (unpaired) electrons. The number of amidine groups is 1. The van der Waals surface area contributed by atoms with Crippen molar-refractivity contribution in [2.75, 3.05) is 19.3 Å². The van der Waals surface area contributed by atoms with Crippen molar-refractivity contribution in [1.82, 2.24) is 4.90 Å². The van der Waals surface area contributed by atoms with Gasteiger partial charge in [0, 0.05) is 17.7 Å². The van der Waals surface area contributed by atoms with Crippen LogP contribution in [0.15, 0.2) is 5.16 Å². The molecule has 1 aliphatic heterocycles. The molecule has 1 saturated heterocycles. The Bertz CT molecular complexity index is 496. The van der Waals surface area contributed by atoms with E-state index in [0.717, 1.165) is 51.6 Å². The Hall–Kier alpha value is -0.820. The van der Waals surface area contributed by atoms with Crippen LogP contribution in [0.4, 0.5) is 0 Å². The lowest BCUT2D eigenvalue weighted by molar-refractivity contribution is 0.0936. The average Bonchev–Trinajstić information content (AvgIpc) is 2.46. The lowest BCUT2D eigenvalue weighted by Crippen LogP contribution is -2.50. The molecule has 6 nitrogen and oxygen atoms in total. The van der Waals surface area contributed by atoms with E-state index >= 15 is 0 Å². The third kappa shape index (κ3) is 3.69. The van der Waals surface area contributed by atoms with Crippen LogP contribution in [0.2, 0.25) is 0 Å². The van der Waals surface area contributed by atoms with Crippen molar-refractivity contribution < 1.29 is 13.6 Å². The minimum Gasteiger partial charge on any atom is -0.409 e. The molecule has 0 aromatic heterocycles. The molecule has 0 bridgehead atoms. The molecule has 2 rings (SSSR count). The first-order chi connectivity index (χ1) is 9.76. The number of likely N-dealkylation sites (tertiary alicyclic amines) is 1. The Kier molecular flexibility index (Phi) is 4.82.